The van der Waals surface area contributed by atoms with E-state index in [0.29, 0.717) is 30.1 Å². The maximum atomic E-state index is 12.8. The normalized spacial score (nSPS) is 16.4. The number of carbonyl (C=O) groups is 1. The molecule has 3 aromatic heterocycles. The van der Waals surface area contributed by atoms with Crippen LogP contribution in [-0.2, 0) is 0 Å². The van der Waals surface area contributed by atoms with Crippen molar-refractivity contribution in [3.63, 3.8) is 0 Å². The van der Waals surface area contributed by atoms with Crippen molar-refractivity contribution in [2.75, 3.05) is 37.0 Å². The Kier molecular flexibility index (Phi) is 5.26. The molecule has 1 aliphatic rings. The van der Waals surface area contributed by atoms with Gasteiger partial charge in [-0.2, -0.15) is 4.98 Å². The number of rotatable bonds is 6. The molecule has 29 heavy (non-hydrogen) atoms. The number of anilines is 2. The van der Waals surface area contributed by atoms with Crippen molar-refractivity contribution in [2.24, 2.45) is 0 Å². The van der Waals surface area contributed by atoms with Crippen molar-refractivity contribution in [2.45, 2.75) is 26.3 Å². The third kappa shape index (κ3) is 3.97. The fourth-order valence-electron chi connectivity index (χ4n) is 3.34. The lowest BCUT2D eigenvalue weighted by Gasteiger charge is -2.18. The SMILES string of the molecule is CCOc1nc(N2CC[C@H](NC)C2)ncc1C(=O)Nc1ccc2nc(C)cn2n1. The van der Waals surface area contributed by atoms with E-state index in [1.807, 2.05) is 20.9 Å². The fraction of sp³-hybridized carbons (Fsp3) is 0.421. The summed E-state index contributed by atoms with van der Waals surface area (Å²) < 4.78 is 7.26. The molecular formula is C19H24N8O2. The van der Waals surface area contributed by atoms with Crippen molar-refractivity contribution >= 4 is 23.3 Å². The van der Waals surface area contributed by atoms with E-state index >= 15 is 0 Å². The van der Waals surface area contributed by atoms with Crippen LogP contribution in [0.15, 0.2) is 24.5 Å². The summed E-state index contributed by atoms with van der Waals surface area (Å²) in [5, 5.41) is 10.4. The largest absolute Gasteiger partial charge is 0.477 e. The zero-order valence-electron chi connectivity index (χ0n) is 16.7. The van der Waals surface area contributed by atoms with Gasteiger partial charge in [0.15, 0.2) is 11.5 Å². The zero-order valence-corrected chi connectivity index (χ0v) is 16.7. The Labute approximate surface area is 168 Å². The molecule has 152 valence electrons. The summed E-state index contributed by atoms with van der Waals surface area (Å²) in [5.74, 6) is 0.861. The molecule has 0 bridgehead atoms. The minimum atomic E-state index is -0.377. The number of nitrogens with zero attached hydrogens (tertiary/aromatic N) is 6. The number of likely N-dealkylation sites (N-methyl/N-ethyl adjacent to an activating group) is 1. The maximum Gasteiger partial charge on any atom is 0.263 e. The average Bonchev–Trinajstić information content (AvgIpc) is 3.33. The monoisotopic (exact) mass is 396 g/mol. The van der Waals surface area contributed by atoms with E-state index in [9.17, 15) is 4.79 Å². The summed E-state index contributed by atoms with van der Waals surface area (Å²) in [7, 11) is 1.95. The standard InChI is InChI=1S/C19H24N8O2/c1-4-29-18-14(9-21-19(24-18)26-8-7-13(11-26)20-3)17(28)23-15-5-6-16-22-12(2)10-27(16)25-15/h5-6,9-10,13,20H,4,7-8,11H2,1-3H3,(H,23,25,28)/t13-/m0/s1. The van der Waals surface area contributed by atoms with E-state index in [0.717, 1.165) is 25.2 Å². The molecule has 0 spiro atoms. The van der Waals surface area contributed by atoms with Gasteiger partial charge in [-0.3, -0.25) is 4.79 Å². The van der Waals surface area contributed by atoms with Crippen molar-refractivity contribution < 1.29 is 9.53 Å². The number of hydrogen-bond donors (Lipinski definition) is 2. The third-order valence-corrected chi connectivity index (χ3v) is 4.83. The molecule has 0 radical (unpaired) electrons. The maximum absolute atomic E-state index is 12.8. The second-order valence-corrected chi connectivity index (χ2v) is 6.90. The Morgan fingerprint density at radius 3 is 2.97 bits per heavy atom. The van der Waals surface area contributed by atoms with Gasteiger partial charge in [0.2, 0.25) is 11.8 Å². The van der Waals surface area contributed by atoms with E-state index < -0.39 is 0 Å². The molecule has 1 fully saturated rings. The molecule has 0 aliphatic carbocycles. The van der Waals surface area contributed by atoms with E-state index in [1.54, 1.807) is 22.8 Å². The third-order valence-electron chi connectivity index (χ3n) is 4.83. The predicted molar refractivity (Wildman–Crippen MR) is 109 cm³/mol. The van der Waals surface area contributed by atoms with Crippen LogP contribution < -0.4 is 20.3 Å². The first-order valence-corrected chi connectivity index (χ1v) is 9.63. The number of carbonyl (C=O) groups excluding carboxylic acids is 1. The van der Waals surface area contributed by atoms with Gasteiger partial charge in [-0.25, -0.2) is 14.5 Å². The Morgan fingerprint density at radius 1 is 1.34 bits per heavy atom. The number of hydrogen-bond acceptors (Lipinski definition) is 8. The van der Waals surface area contributed by atoms with Gasteiger partial charge < -0.3 is 20.3 Å². The van der Waals surface area contributed by atoms with Crippen LogP contribution >= 0.6 is 0 Å². The highest BCUT2D eigenvalue weighted by atomic mass is 16.5. The summed E-state index contributed by atoms with van der Waals surface area (Å²) in [6.45, 7) is 5.82. The highest BCUT2D eigenvalue weighted by Gasteiger charge is 2.25. The van der Waals surface area contributed by atoms with Gasteiger partial charge in [0, 0.05) is 25.3 Å². The Bertz CT molecular complexity index is 1030. The van der Waals surface area contributed by atoms with Crippen LogP contribution in [0.5, 0.6) is 5.88 Å². The first-order valence-electron chi connectivity index (χ1n) is 9.63. The number of aryl methyl sites for hydroxylation is 1. The Morgan fingerprint density at radius 2 is 2.21 bits per heavy atom. The number of aromatic nitrogens is 5. The van der Waals surface area contributed by atoms with Crippen LogP contribution in [0.4, 0.5) is 11.8 Å². The zero-order chi connectivity index (χ0) is 20.4. The highest BCUT2D eigenvalue weighted by Crippen LogP contribution is 2.23. The molecule has 0 saturated carbocycles. The van der Waals surface area contributed by atoms with Crippen molar-refractivity contribution in [1.82, 2.24) is 29.9 Å². The fourth-order valence-corrected chi connectivity index (χ4v) is 3.34. The molecule has 3 aromatic rings. The van der Waals surface area contributed by atoms with Crippen molar-refractivity contribution in [1.29, 1.82) is 0 Å². The number of amides is 1. The smallest absolute Gasteiger partial charge is 0.263 e. The summed E-state index contributed by atoms with van der Waals surface area (Å²) in [6.07, 6.45) is 4.33. The number of nitrogens with one attached hydrogen (secondary N) is 2. The van der Waals surface area contributed by atoms with E-state index in [1.165, 1.54) is 6.20 Å². The first kappa shape index (κ1) is 19.1. The van der Waals surface area contributed by atoms with Gasteiger partial charge in [-0.15, -0.1) is 5.10 Å². The van der Waals surface area contributed by atoms with E-state index in [2.05, 4.69) is 35.6 Å². The van der Waals surface area contributed by atoms with Crippen molar-refractivity contribution in [3.05, 3.63) is 35.8 Å². The molecule has 4 rings (SSSR count). The number of ether oxygens (including phenoxy) is 1. The highest BCUT2D eigenvalue weighted by molar-refractivity contribution is 6.05. The second kappa shape index (κ2) is 8.00. The first-order chi connectivity index (χ1) is 14.1. The average molecular weight is 396 g/mol. The topological polar surface area (TPSA) is 110 Å². The minimum absolute atomic E-state index is 0.266. The molecule has 0 aromatic carbocycles. The molecule has 2 N–H and O–H groups in total. The van der Waals surface area contributed by atoms with Gasteiger partial charge >= 0.3 is 0 Å². The van der Waals surface area contributed by atoms with Crippen LogP contribution in [0.2, 0.25) is 0 Å². The van der Waals surface area contributed by atoms with Crippen molar-refractivity contribution in [3.8, 4) is 5.88 Å². The van der Waals surface area contributed by atoms with Gasteiger partial charge in [-0.05, 0) is 39.4 Å². The van der Waals surface area contributed by atoms with Crippen LogP contribution in [0.1, 0.15) is 29.4 Å². The molecular weight excluding hydrogens is 372 g/mol. The van der Waals surface area contributed by atoms with Gasteiger partial charge in [-0.1, -0.05) is 0 Å². The molecule has 4 heterocycles. The van der Waals surface area contributed by atoms with Gasteiger partial charge in [0.1, 0.15) is 5.56 Å². The lowest BCUT2D eigenvalue weighted by Crippen LogP contribution is -2.30. The Hall–Kier alpha value is -3.27. The quantitative estimate of drug-likeness (QED) is 0.641. The summed E-state index contributed by atoms with van der Waals surface area (Å²) in [4.78, 5) is 28.1. The van der Waals surface area contributed by atoms with E-state index in [-0.39, 0.29) is 17.4 Å². The predicted octanol–water partition coefficient (Wildman–Crippen LogP) is 1.28. The summed E-state index contributed by atoms with van der Waals surface area (Å²) in [6, 6.07) is 3.91. The second-order valence-electron chi connectivity index (χ2n) is 6.90. The molecule has 0 unspecified atom stereocenters. The molecule has 1 atom stereocenters. The molecule has 1 saturated heterocycles. The van der Waals surface area contributed by atoms with Gasteiger partial charge in [0.05, 0.1) is 18.5 Å². The lowest BCUT2D eigenvalue weighted by molar-refractivity contribution is 0.102. The molecule has 1 aliphatic heterocycles. The van der Waals surface area contributed by atoms with Crippen LogP contribution in [0.3, 0.4) is 0 Å². The van der Waals surface area contributed by atoms with Gasteiger partial charge in [0.25, 0.3) is 5.91 Å². The van der Waals surface area contributed by atoms with Crippen LogP contribution in [0.25, 0.3) is 5.65 Å². The molecule has 10 heteroatoms. The minimum Gasteiger partial charge on any atom is -0.477 e. The number of fused-ring (bicyclic) bond motifs is 1. The Balaban J connectivity index is 1.56. The van der Waals surface area contributed by atoms with Crippen LogP contribution in [-0.4, -0.2) is 63.3 Å². The molecule has 1 amide bonds. The summed E-state index contributed by atoms with van der Waals surface area (Å²) in [5.41, 5.74) is 1.84. The van der Waals surface area contributed by atoms with E-state index in [4.69, 9.17) is 4.74 Å². The number of imidazole rings is 1. The molecule has 10 nitrogen and oxygen atoms in total. The van der Waals surface area contributed by atoms with Crippen LogP contribution in [0, 0.1) is 6.92 Å². The summed E-state index contributed by atoms with van der Waals surface area (Å²) >= 11 is 0. The lowest BCUT2D eigenvalue weighted by atomic mass is 10.3.